The lowest BCUT2D eigenvalue weighted by Gasteiger charge is -2.29. The van der Waals surface area contributed by atoms with E-state index in [1.807, 2.05) is 6.92 Å². The number of fused-ring (bicyclic) bond motifs is 2. The summed E-state index contributed by atoms with van der Waals surface area (Å²) in [5.41, 5.74) is 0.527. The zero-order chi connectivity index (χ0) is 19.0. The smallest absolute Gasteiger partial charge is 0.330 e. The van der Waals surface area contributed by atoms with Crippen molar-refractivity contribution in [2.45, 2.75) is 30.7 Å². The molecule has 0 aromatic heterocycles. The van der Waals surface area contributed by atoms with Gasteiger partial charge in [-0.1, -0.05) is 0 Å². The number of hydrogen-bond acceptors (Lipinski definition) is 7. The molecule has 27 heavy (non-hydrogen) atoms. The molecule has 144 valence electrons. The number of carbonyl (C=O) groups is 3. The molecular formula is C18H20N2O6S. The summed E-state index contributed by atoms with van der Waals surface area (Å²) in [5.74, 6) is 0.643. The maximum atomic E-state index is 12.4. The van der Waals surface area contributed by atoms with E-state index in [0.717, 1.165) is 6.42 Å². The third-order valence-corrected chi connectivity index (χ3v) is 6.39. The standard InChI is InChI=1S/C18H20N2O6S/c1-18-5-4-16(22)20(18)12(10-27-18)17(23)26-9-15(21)19-11-2-3-13-14(8-11)25-7-6-24-13/h2-3,8,12H,4-7,9-10H2,1H3,(H,19,21)/t12-,18+/m0/s1. The minimum Gasteiger partial charge on any atom is -0.486 e. The van der Waals surface area contributed by atoms with Gasteiger partial charge in [0.1, 0.15) is 19.3 Å². The minimum absolute atomic E-state index is 0.0369. The zero-order valence-electron chi connectivity index (χ0n) is 14.9. The van der Waals surface area contributed by atoms with Gasteiger partial charge in [0.15, 0.2) is 18.1 Å². The van der Waals surface area contributed by atoms with Gasteiger partial charge in [0.2, 0.25) is 5.91 Å². The van der Waals surface area contributed by atoms with Crippen molar-refractivity contribution in [3.63, 3.8) is 0 Å². The first-order valence-corrected chi connectivity index (χ1v) is 9.77. The fourth-order valence-corrected chi connectivity index (χ4v) is 4.96. The molecule has 0 unspecified atom stereocenters. The van der Waals surface area contributed by atoms with E-state index in [2.05, 4.69) is 5.32 Å². The number of nitrogens with one attached hydrogen (secondary N) is 1. The highest BCUT2D eigenvalue weighted by Crippen LogP contribution is 2.47. The zero-order valence-corrected chi connectivity index (χ0v) is 15.7. The van der Waals surface area contributed by atoms with Gasteiger partial charge in [-0.2, -0.15) is 0 Å². The first kappa shape index (κ1) is 18.0. The molecule has 2 atom stereocenters. The maximum absolute atomic E-state index is 12.4. The van der Waals surface area contributed by atoms with Crippen LogP contribution in [0.2, 0.25) is 0 Å². The number of nitrogens with zero attached hydrogens (tertiary/aromatic N) is 1. The van der Waals surface area contributed by atoms with Gasteiger partial charge in [-0.05, 0) is 25.5 Å². The quantitative estimate of drug-likeness (QED) is 0.774. The molecule has 0 aliphatic carbocycles. The van der Waals surface area contributed by atoms with E-state index in [4.69, 9.17) is 14.2 Å². The Morgan fingerprint density at radius 2 is 2.11 bits per heavy atom. The molecule has 1 aromatic rings. The minimum atomic E-state index is -0.628. The lowest BCUT2D eigenvalue weighted by molar-refractivity contribution is -0.155. The maximum Gasteiger partial charge on any atom is 0.330 e. The highest BCUT2D eigenvalue weighted by Gasteiger charge is 2.53. The molecule has 9 heteroatoms. The molecule has 0 radical (unpaired) electrons. The van der Waals surface area contributed by atoms with Crippen molar-refractivity contribution >= 4 is 35.2 Å². The molecule has 1 aromatic carbocycles. The topological polar surface area (TPSA) is 94.2 Å². The van der Waals surface area contributed by atoms with E-state index < -0.39 is 24.5 Å². The number of carbonyl (C=O) groups excluding carboxylic acids is 3. The summed E-state index contributed by atoms with van der Waals surface area (Å²) >= 11 is 1.58. The summed E-state index contributed by atoms with van der Waals surface area (Å²) in [6.45, 7) is 2.50. The van der Waals surface area contributed by atoms with E-state index in [1.165, 1.54) is 0 Å². The molecule has 2 fully saturated rings. The normalized spacial score (nSPS) is 25.9. The summed E-state index contributed by atoms with van der Waals surface area (Å²) in [5, 5.41) is 2.66. The first-order chi connectivity index (χ1) is 13.0. The molecule has 3 heterocycles. The van der Waals surface area contributed by atoms with Crippen molar-refractivity contribution in [1.82, 2.24) is 4.90 Å². The number of rotatable bonds is 4. The average Bonchev–Trinajstić information content (AvgIpc) is 3.16. The van der Waals surface area contributed by atoms with Gasteiger partial charge in [0.25, 0.3) is 5.91 Å². The Balaban J connectivity index is 1.32. The third-order valence-electron chi connectivity index (χ3n) is 4.89. The SMILES string of the molecule is C[C@@]12CCC(=O)N1[C@H](C(=O)OCC(=O)Nc1ccc3c(c1)OCCO3)CS2. The Morgan fingerprint density at radius 3 is 2.93 bits per heavy atom. The molecule has 1 N–H and O–H groups in total. The number of thioether (sulfide) groups is 1. The molecular weight excluding hydrogens is 372 g/mol. The lowest BCUT2D eigenvalue weighted by Crippen LogP contribution is -2.47. The molecule has 2 saturated heterocycles. The summed E-state index contributed by atoms with van der Waals surface area (Å²) in [6, 6.07) is 4.44. The fraction of sp³-hybridized carbons (Fsp3) is 0.500. The number of benzene rings is 1. The average molecular weight is 392 g/mol. The Kier molecular flexibility index (Phi) is 4.63. The molecule has 8 nitrogen and oxygen atoms in total. The predicted octanol–water partition coefficient (Wildman–Crippen LogP) is 1.39. The van der Waals surface area contributed by atoms with Crippen molar-refractivity contribution in [1.29, 1.82) is 0 Å². The molecule has 0 bridgehead atoms. The Morgan fingerprint density at radius 1 is 1.33 bits per heavy atom. The highest BCUT2D eigenvalue weighted by atomic mass is 32.2. The summed E-state index contributed by atoms with van der Waals surface area (Å²) in [7, 11) is 0. The van der Waals surface area contributed by atoms with E-state index in [0.29, 0.717) is 42.6 Å². The number of ether oxygens (including phenoxy) is 3. The van der Waals surface area contributed by atoms with Crippen LogP contribution in [0, 0.1) is 0 Å². The third kappa shape index (κ3) is 3.43. The van der Waals surface area contributed by atoms with E-state index in [9.17, 15) is 14.4 Å². The van der Waals surface area contributed by atoms with Crippen LogP contribution < -0.4 is 14.8 Å². The van der Waals surface area contributed by atoms with Gasteiger partial charge in [-0.3, -0.25) is 9.59 Å². The number of hydrogen-bond donors (Lipinski definition) is 1. The molecule has 0 spiro atoms. The van der Waals surface area contributed by atoms with Crippen molar-refractivity contribution in [3.05, 3.63) is 18.2 Å². The van der Waals surface area contributed by atoms with Crippen LogP contribution in [0.15, 0.2) is 18.2 Å². The second-order valence-electron chi connectivity index (χ2n) is 6.78. The van der Waals surface area contributed by atoms with Crippen LogP contribution in [0.5, 0.6) is 11.5 Å². The van der Waals surface area contributed by atoms with Gasteiger partial charge >= 0.3 is 5.97 Å². The van der Waals surface area contributed by atoms with Crippen LogP contribution in [-0.4, -0.2) is 59.2 Å². The second kappa shape index (κ2) is 6.95. The highest BCUT2D eigenvalue weighted by molar-refractivity contribution is 8.01. The number of anilines is 1. The number of esters is 1. The van der Waals surface area contributed by atoms with Crippen LogP contribution in [0.3, 0.4) is 0 Å². The number of amides is 2. The molecule has 3 aliphatic heterocycles. The van der Waals surface area contributed by atoms with Gasteiger partial charge in [0, 0.05) is 23.9 Å². The van der Waals surface area contributed by atoms with Crippen LogP contribution >= 0.6 is 11.8 Å². The van der Waals surface area contributed by atoms with E-state index >= 15 is 0 Å². The van der Waals surface area contributed by atoms with E-state index in [-0.39, 0.29) is 10.8 Å². The summed E-state index contributed by atoms with van der Waals surface area (Å²) < 4.78 is 16.1. The largest absolute Gasteiger partial charge is 0.486 e. The Labute approximate surface area is 160 Å². The van der Waals surface area contributed by atoms with Crippen molar-refractivity contribution < 1.29 is 28.6 Å². The first-order valence-electron chi connectivity index (χ1n) is 8.78. The van der Waals surface area contributed by atoms with Crippen LogP contribution in [0.4, 0.5) is 5.69 Å². The van der Waals surface area contributed by atoms with Gasteiger partial charge in [-0.25, -0.2) is 4.79 Å². The van der Waals surface area contributed by atoms with E-state index in [1.54, 1.807) is 34.9 Å². The van der Waals surface area contributed by atoms with Crippen molar-refractivity contribution in [3.8, 4) is 11.5 Å². The molecule has 4 rings (SSSR count). The molecule has 3 aliphatic rings. The monoisotopic (exact) mass is 392 g/mol. The van der Waals surface area contributed by atoms with Gasteiger partial charge in [0.05, 0.1) is 4.87 Å². The van der Waals surface area contributed by atoms with Crippen molar-refractivity contribution in [2.75, 3.05) is 30.9 Å². The Hall–Kier alpha value is -2.42. The second-order valence-corrected chi connectivity index (χ2v) is 8.28. The predicted molar refractivity (Wildman–Crippen MR) is 97.8 cm³/mol. The van der Waals surface area contributed by atoms with Gasteiger partial charge in [-0.15, -0.1) is 11.8 Å². The van der Waals surface area contributed by atoms with Crippen LogP contribution in [-0.2, 0) is 19.1 Å². The Bertz CT molecular complexity index is 800. The molecule has 2 amide bonds. The summed E-state index contributed by atoms with van der Waals surface area (Å²) in [4.78, 5) is 37.8. The van der Waals surface area contributed by atoms with Crippen molar-refractivity contribution in [2.24, 2.45) is 0 Å². The summed E-state index contributed by atoms with van der Waals surface area (Å²) in [6.07, 6.45) is 1.17. The van der Waals surface area contributed by atoms with Crippen LogP contribution in [0.25, 0.3) is 0 Å². The lowest BCUT2D eigenvalue weighted by atomic mass is 10.2. The molecule has 0 saturated carbocycles. The van der Waals surface area contributed by atoms with Gasteiger partial charge < -0.3 is 24.4 Å². The van der Waals surface area contributed by atoms with Crippen LogP contribution in [0.1, 0.15) is 19.8 Å². The fourth-order valence-electron chi connectivity index (χ4n) is 3.55.